The SMILES string of the molecule is CCc1ccc(OCCCC[C@H](N)CS)cc1.Cl. The van der Waals surface area contributed by atoms with Crippen molar-refractivity contribution < 1.29 is 4.74 Å². The van der Waals surface area contributed by atoms with Gasteiger partial charge in [-0.25, -0.2) is 0 Å². The van der Waals surface area contributed by atoms with Crippen molar-refractivity contribution in [1.29, 1.82) is 0 Å². The van der Waals surface area contributed by atoms with Gasteiger partial charge in [-0.15, -0.1) is 12.4 Å². The van der Waals surface area contributed by atoms with Crippen LogP contribution in [0.15, 0.2) is 24.3 Å². The Hall–Kier alpha value is -0.380. The summed E-state index contributed by atoms with van der Waals surface area (Å²) in [6.07, 6.45) is 4.26. The summed E-state index contributed by atoms with van der Waals surface area (Å²) in [4.78, 5) is 0. The molecule has 0 aliphatic rings. The second-order valence-corrected chi connectivity index (χ2v) is 4.65. The van der Waals surface area contributed by atoms with Gasteiger partial charge in [0.15, 0.2) is 0 Å². The van der Waals surface area contributed by atoms with Crippen molar-refractivity contribution in [2.45, 2.75) is 38.6 Å². The summed E-state index contributed by atoms with van der Waals surface area (Å²) in [5.74, 6) is 1.72. The lowest BCUT2D eigenvalue weighted by molar-refractivity contribution is 0.304. The topological polar surface area (TPSA) is 35.2 Å². The minimum Gasteiger partial charge on any atom is -0.494 e. The lowest BCUT2D eigenvalue weighted by atomic mass is 10.1. The van der Waals surface area contributed by atoms with Gasteiger partial charge < -0.3 is 10.5 Å². The fourth-order valence-electron chi connectivity index (χ4n) is 1.61. The van der Waals surface area contributed by atoms with Gasteiger partial charge in [0, 0.05) is 11.8 Å². The predicted octanol–water partition coefficient (Wildman–Crippen LogP) is 3.48. The van der Waals surface area contributed by atoms with Gasteiger partial charge in [0.25, 0.3) is 0 Å². The van der Waals surface area contributed by atoms with Crippen molar-refractivity contribution >= 4 is 25.0 Å². The molecular weight excluding hydrogens is 266 g/mol. The molecule has 1 aromatic carbocycles. The highest BCUT2D eigenvalue weighted by atomic mass is 35.5. The van der Waals surface area contributed by atoms with Crippen LogP contribution < -0.4 is 10.5 Å². The van der Waals surface area contributed by atoms with Crippen LogP contribution in [0.5, 0.6) is 5.75 Å². The van der Waals surface area contributed by atoms with Gasteiger partial charge in [-0.3, -0.25) is 0 Å². The number of benzene rings is 1. The monoisotopic (exact) mass is 289 g/mol. The Kier molecular flexibility index (Phi) is 10.3. The van der Waals surface area contributed by atoms with Crippen molar-refractivity contribution in [1.82, 2.24) is 0 Å². The molecule has 0 unspecified atom stereocenters. The lowest BCUT2D eigenvalue weighted by Crippen LogP contribution is -2.21. The molecule has 0 aliphatic heterocycles. The number of unbranched alkanes of at least 4 members (excludes halogenated alkanes) is 1. The molecule has 0 saturated carbocycles. The second kappa shape index (κ2) is 10.5. The molecule has 0 spiro atoms. The van der Waals surface area contributed by atoms with Crippen LogP contribution in [0.1, 0.15) is 31.7 Å². The zero-order valence-corrected chi connectivity index (χ0v) is 12.7. The highest BCUT2D eigenvalue weighted by molar-refractivity contribution is 7.80. The molecule has 1 aromatic rings. The van der Waals surface area contributed by atoms with Crippen LogP contribution in [0.4, 0.5) is 0 Å². The number of aryl methyl sites for hydroxylation is 1. The third-order valence-corrected chi connectivity index (χ3v) is 3.27. The zero-order chi connectivity index (χ0) is 12.5. The molecular formula is C14H24ClNOS. The van der Waals surface area contributed by atoms with E-state index in [1.165, 1.54) is 5.56 Å². The summed E-state index contributed by atoms with van der Waals surface area (Å²) in [6.45, 7) is 2.92. The highest BCUT2D eigenvalue weighted by Crippen LogP contribution is 2.13. The fourth-order valence-corrected chi connectivity index (χ4v) is 1.79. The van der Waals surface area contributed by atoms with Crippen LogP contribution in [0.25, 0.3) is 0 Å². The zero-order valence-electron chi connectivity index (χ0n) is 11.0. The molecule has 1 rings (SSSR count). The normalized spacial score (nSPS) is 11.7. The predicted molar refractivity (Wildman–Crippen MR) is 84.2 cm³/mol. The summed E-state index contributed by atoms with van der Waals surface area (Å²) >= 11 is 4.16. The summed E-state index contributed by atoms with van der Waals surface area (Å²) in [5, 5.41) is 0. The Bertz CT molecular complexity index is 305. The van der Waals surface area contributed by atoms with E-state index in [0.717, 1.165) is 43.8 Å². The Morgan fingerprint density at radius 2 is 1.89 bits per heavy atom. The quantitative estimate of drug-likeness (QED) is 0.568. The first-order valence-electron chi connectivity index (χ1n) is 6.34. The molecule has 0 aromatic heterocycles. The highest BCUT2D eigenvalue weighted by Gasteiger charge is 1.99. The molecule has 2 N–H and O–H groups in total. The van der Waals surface area contributed by atoms with E-state index in [9.17, 15) is 0 Å². The summed E-state index contributed by atoms with van der Waals surface area (Å²) in [7, 11) is 0. The van der Waals surface area contributed by atoms with E-state index in [4.69, 9.17) is 10.5 Å². The van der Waals surface area contributed by atoms with E-state index < -0.39 is 0 Å². The van der Waals surface area contributed by atoms with Gasteiger partial charge in [-0.05, 0) is 43.4 Å². The lowest BCUT2D eigenvalue weighted by Gasteiger charge is -2.09. The molecule has 0 amide bonds. The van der Waals surface area contributed by atoms with E-state index in [1.807, 2.05) is 12.1 Å². The number of ether oxygens (including phenoxy) is 1. The number of hydrogen-bond acceptors (Lipinski definition) is 3. The summed E-state index contributed by atoms with van der Waals surface area (Å²) < 4.78 is 5.66. The summed E-state index contributed by atoms with van der Waals surface area (Å²) in [5.41, 5.74) is 7.13. The number of thiol groups is 1. The number of rotatable bonds is 8. The third-order valence-electron chi connectivity index (χ3n) is 2.80. The molecule has 0 radical (unpaired) electrons. The maximum Gasteiger partial charge on any atom is 0.119 e. The Morgan fingerprint density at radius 1 is 1.22 bits per heavy atom. The number of halogens is 1. The van der Waals surface area contributed by atoms with Crippen LogP contribution in [-0.4, -0.2) is 18.4 Å². The van der Waals surface area contributed by atoms with Crippen molar-refractivity contribution in [2.75, 3.05) is 12.4 Å². The van der Waals surface area contributed by atoms with E-state index >= 15 is 0 Å². The molecule has 4 heteroatoms. The van der Waals surface area contributed by atoms with E-state index in [2.05, 4.69) is 31.7 Å². The minimum absolute atomic E-state index is 0. The smallest absolute Gasteiger partial charge is 0.119 e. The summed E-state index contributed by atoms with van der Waals surface area (Å²) in [6, 6.07) is 8.54. The van der Waals surface area contributed by atoms with Gasteiger partial charge >= 0.3 is 0 Å². The minimum atomic E-state index is 0. The van der Waals surface area contributed by atoms with Gasteiger partial charge in [0.1, 0.15) is 5.75 Å². The van der Waals surface area contributed by atoms with E-state index in [-0.39, 0.29) is 18.4 Å². The molecule has 1 atom stereocenters. The van der Waals surface area contributed by atoms with Crippen molar-refractivity contribution in [2.24, 2.45) is 5.73 Å². The largest absolute Gasteiger partial charge is 0.494 e. The maximum absolute atomic E-state index is 5.78. The first kappa shape index (κ1) is 17.6. The molecule has 0 fully saturated rings. The fraction of sp³-hybridized carbons (Fsp3) is 0.571. The third kappa shape index (κ3) is 7.14. The molecule has 0 bridgehead atoms. The van der Waals surface area contributed by atoms with Crippen LogP contribution in [0, 0.1) is 0 Å². The van der Waals surface area contributed by atoms with Crippen LogP contribution >= 0.6 is 25.0 Å². The van der Waals surface area contributed by atoms with Crippen molar-refractivity contribution in [3.8, 4) is 5.75 Å². The van der Waals surface area contributed by atoms with E-state index in [0.29, 0.717) is 0 Å². The molecule has 0 saturated heterocycles. The maximum atomic E-state index is 5.78. The van der Waals surface area contributed by atoms with Gasteiger partial charge in [-0.1, -0.05) is 19.1 Å². The van der Waals surface area contributed by atoms with Crippen LogP contribution in [0.3, 0.4) is 0 Å². The Labute approximate surface area is 122 Å². The van der Waals surface area contributed by atoms with Crippen molar-refractivity contribution in [3.05, 3.63) is 29.8 Å². The second-order valence-electron chi connectivity index (χ2n) is 4.28. The van der Waals surface area contributed by atoms with Gasteiger partial charge in [0.05, 0.1) is 6.61 Å². The number of nitrogens with two attached hydrogens (primary N) is 1. The Balaban J connectivity index is 0.00000289. The molecule has 104 valence electrons. The molecule has 0 aliphatic carbocycles. The van der Waals surface area contributed by atoms with Crippen molar-refractivity contribution in [3.63, 3.8) is 0 Å². The van der Waals surface area contributed by atoms with Crippen LogP contribution in [0.2, 0.25) is 0 Å². The van der Waals surface area contributed by atoms with Crippen LogP contribution in [-0.2, 0) is 6.42 Å². The first-order valence-corrected chi connectivity index (χ1v) is 6.97. The first-order chi connectivity index (χ1) is 8.26. The number of hydrogen-bond donors (Lipinski definition) is 2. The Morgan fingerprint density at radius 3 is 2.44 bits per heavy atom. The molecule has 2 nitrogen and oxygen atoms in total. The van der Waals surface area contributed by atoms with Gasteiger partial charge in [0.2, 0.25) is 0 Å². The standard InChI is InChI=1S/C14H23NOS.ClH/c1-2-12-6-8-14(9-7-12)16-10-4-3-5-13(15)11-17;/h6-9,13,17H,2-5,10-11,15H2,1H3;1H/t13-;/m0./s1. The molecule has 18 heavy (non-hydrogen) atoms. The average molecular weight is 290 g/mol. The van der Waals surface area contributed by atoms with E-state index in [1.54, 1.807) is 0 Å². The molecule has 0 heterocycles. The van der Waals surface area contributed by atoms with Gasteiger partial charge in [-0.2, -0.15) is 12.6 Å². The average Bonchev–Trinajstić information content (AvgIpc) is 2.38.